The maximum Gasteiger partial charge on any atom is 0.186 e. The molecule has 2 N–H and O–H groups in total. The van der Waals surface area contributed by atoms with E-state index in [4.69, 9.17) is 5.73 Å². The summed E-state index contributed by atoms with van der Waals surface area (Å²) in [6.45, 7) is 1.48. The molecule has 15 heavy (non-hydrogen) atoms. The molecule has 0 heterocycles. The molecule has 0 fully saturated rings. The Morgan fingerprint density at radius 1 is 1.60 bits per heavy atom. The number of benzene rings is 1. The van der Waals surface area contributed by atoms with Crippen molar-refractivity contribution in [2.24, 2.45) is 0 Å². The highest BCUT2D eigenvalue weighted by Crippen LogP contribution is 2.11. The van der Waals surface area contributed by atoms with Gasteiger partial charge in [-0.1, -0.05) is 23.6 Å². The Kier molecular flexibility index (Phi) is 4.19. The van der Waals surface area contributed by atoms with E-state index < -0.39 is 0 Å². The molecule has 0 aliphatic carbocycles. The lowest BCUT2D eigenvalue weighted by atomic mass is 10.2. The molecule has 1 aromatic carbocycles. The van der Waals surface area contributed by atoms with Crippen molar-refractivity contribution in [2.45, 2.75) is 6.92 Å². The Hall–Kier alpha value is -1.47. The van der Waals surface area contributed by atoms with Crippen LogP contribution in [0.4, 0.5) is 10.1 Å². The van der Waals surface area contributed by atoms with Gasteiger partial charge < -0.3 is 5.73 Å². The lowest BCUT2D eigenvalue weighted by Crippen LogP contribution is -1.91. The van der Waals surface area contributed by atoms with Crippen molar-refractivity contribution in [1.82, 2.24) is 0 Å². The van der Waals surface area contributed by atoms with Crippen molar-refractivity contribution in [1.29, 1.82) is 0 Å². The van der Waals surface area contributed by atoms with Gasteiger partial charge in [-0.05, 0) is 18.2 Å². The zero-order valence-corrected chi connectivity index (χ0v) is 9.03. The van der Waals surface area contributed by atoms with E-state index in [-0.39, 0.29) is 10.9 Å². The first-order valence-electron chi connectivity index (χ1n) is 4.27. The van der Waals surface area contributed by atoms with Gasteiger partial charge in [-0.2, -0.15) is 0 Å². The Morgan fingerprint density at radius 3 is 3.00 bits per heavy atom. The molecule has 2 nitrogen and oxygen atoms in total. The number of hydrogen-bond donors (Lipinski definition) is 1. The molecule has 0 spiro atoms. The third-order valence-corrected chi connectivity index (χ3v) is 2.28. The molecular formula is C11H10FNOS. The fraction of sp³-hybridized carbons (Fsp3) is 0.182. The molecule has 0 saturated heterocycles. The van der Waals surface area contributed by atoms with Crippen LogP contribution in [0.2, 0.25) is 0 Å². The van der Waals surface area contributed by atoms with Crippen LogP contribution in [0.15, 0.2) is 18.2 Å². The number of nitrogens with two attached hydrogens (primary N) is 1. The topological polar surface area (TPSA) is 43.1 Å². The minimum absolute atomic E-state index is 0.0107. The van der Waals surface area contributed by atoms with Crippen molar-refractivity contribution in [3.63, 3.8) is 0 Å². The lowest BCUT2D eigenvalue weighted by molar-refractivity contribution is -0.109. The summed E-state index contributed by atoms with van der Waals surface area (Å²) in [5.74, 6) is 5.49. The number of anilines is 1. The van der Waals surface area contributed by atoms with Crippen LogP contribution in [-0.4, -0.2) is 10.9 Å². The van der Waals surface area contributed by atoms with Gasteiger partial charge in [0.15, 0.2) is 5.12 Å². The number of halogens is 1. The SMILES string of the molecule is CC(=O)SCC#Cc1cc(F)ccc1N. The molecule has 0 radical (unpaired) electrons. The van der Waals surface area contributed by atoms with Gasteiger partial charge in [0.05, 0.1) is 11.3 Å². The first-order valence-corrected chi connectivity index (χ1v) is 5.25. The second kappa shape index (κ2) is 5.42. The number of rotatable bonds is 1. The maximum atomic E-state index is 12.8. The zero-order chi connectivity index (χ0) is 11.3. The summed E-state index contributed by atoms with van der Waals surface area (Å²) in [7, 11) is 0. The quantitative estimate of drug-likeness (QED) is 0.585. The smallest absolute Gasteiger partial charge is 0.186 e. The van der Waals surface area contributed by atoms with Crippen LogP contribution >= 0.6 is 11.8 Å². The molecule has 0 bridgehead atoms. The molecule has 0 aliphatic heterocycles. The van der Waals surface area contributed by atoms with E-state index in [0.29, 0.717) is 17.0 Å². The van der Waals surface area contributed by atoms with Crippen LogP contribution in [0.25, 0.3) is 0 Å². The van der Waals surface area contributed by atoms with Crippen molar-refractivity contribution in [3.8, 4) is 11.8 Å². The van der Waals surface area contributed by atoms with E-state index in [1.165, 1.54) is 25.1 Å². The highest BCUT2D eigenvalue weighted by atomic mass is 32.2. The first-order chi connectivity index (χ1) is 7.09. The predicted octanol–water partition coefficient (Wildman–Crippen LogP) is 2.04. The fourth-order valence-electron chi connectivity index (χ4n) is 0.906. The minimum Gasteiger partial charge on any atom is -0.398 e. The maximum absolute atomic E-state index is 12.8. The summed E-state index contributed by atoms with van der Waals surface area (Å²) in [6.07, 6.45) is 0. The van der Waals surface area contributed by atoms with Crippen molar-refractivity contribution < 1.29 is 9.18 Å². The molecule has 0 atom stereocenters. The van der Waals surface area contributed by atoms with Crippen LogP contribution < -0.4 is 5.73 Å². The monoisotopic (exact) mass is 223 g/mol. The van der Waals surface area contributed by atoms with Crippen LogP contribution in [0.5, 0.6) is 0 Å². The van der Waals surface area contributed by atoms with Gasteiger partial charge in [0, 0.05) is 12.6 Å². The summed E-state index contributed by atoms with van der Waals surface area (Å²) in [6, 6.07) is 4.03. The van der Waals surface area contributed by atoms with Crippen LogP contribution in [0.1, 0.15) is 12.5 Å². The molecule has 0 amide bonds. The van der Waals surface area contributed by atoms with Gasteiger partial charge in [-0.3, -0.25) is 4.79 Å². The third kappa shape index (κ3) is 4.05. The van der Waals surface area contributed by atoms with E-state index in [2.05, 4.69) is 11.8 Å². The van der Waals surface area contributed by atoms with Gasteiger partial charge in [0.25, 0.3) is 0 Å². The molecule has 0 aromatic heterocycles. The summed E-state index contributed by atoms with van der Waals surface area (Å²) in [5.41, 5.74) is 6.49. The fourth-order valence-corrected chi connectivity index (χ4v) is 1.25. The van der Waals surface area contributed by atoms with E-state index in [9.17, 15) is 9.18 Å². The number of hydrogen-bond acceptors (Lipinski definition) is 3. The normalized spacial score (nSPS) is 9.20. The Morgan fingerprint density at radius 2 is 2.33 bits per heavy atom. The van der Waals surface area contributed by atoms with Gasteiger partial charge in [0.1, 0.15) is 5.82 Å². The first kappa shape index (κ1) is 11.6. The molecule has 0 aliphatic rings. The molecule has 4 heteroatoms. The summed E-state index contributed by atoms with van der Waals surface area (Å²) >= 11 is 1.11. The number of carbonyl (C=O) groups excluding carboxylic acids is 1. The zero-order valence-electron chi connectivity index (χ0n) is 8.21. The highest BCUT2D eigenvalue weighted by molar-refractivity contribution is 8.13. The average Bonchev–Trinajstić information content (AvgIpc) is 2.17. The summed E-state index contributed by atoms with van der Waals surface area (Å²) < 4.78 is 12.8. The molecule has 1 rings (SSSR count). The van der Waals surface area contributed by atoms with E-state index in [1.54, 1.807) is 0 Å². The molecule has 0 saturated carbocycles. The van der Waals surface area contributed by atoms with Gasteiger partial charge in [0.2, 0.25) is 0 Å². The van der Waals surface area contributed by atoms with Crippen LogP contribution in [-0.2, 0) is 4.79 Å². The van der Waals surface area contributed by atoms with Crippen LogP contribution in [0.3, 0.4) is 0 Å². The third-order valence-electron chi connectivity index (χ3n) is 1.59. The Bertz CT molecular complexity index is 434. The molecular weight excluding hydrogens is 213 g/mol. The van der Waals surface area contributed by atoms with Crippen LogP contribution in [0, 0.1) is 17.7 Å². The molecule has 1 aromatic rings. The summed E-state index contributed by atoms with van der Waals surface area (Å²) in [4.78, 5) is 10.6. The van der Waals surface area contributed by atoms with Crippen molar-refractivity contribution >= 4 is 22.6 Å². The van der Waals surface area contributed by atoms with Crippen molar-refractivity contribution in [2.75, 3.05) is 11.5 Å². The van der Waals surface area contributed by atoms with Gasteiger partial charge >= 0.3 is 0 Å². The number of carbonyl (C=O) groups is 1. The van der Waals surface area contributed by atoms with Gasteiger partial charge in [-0.15, -0.1) is 0 Å². The van der Waals surface area contributed by atoms with E-state index >= 15 is 0 Å². The predicted molar refractivity (Wildman–Crippen MR) is 60.8 cm³/mol. The number of nitrogen functional groups attached to an aromatic ring is 1. The molecule has 0 unspecified atom stereocenters. The second-order valence-electron chi connectivity index (χ2n) is 2.81. The minimum atomic E-state index is -0.368. The Balaban J connectivity index is 2.71. The summed E-state index contributed by atoms with van der Waals surface area (Å²) in [5, 5.41) is 0.0107. The molecule has 78 valence electrons. The number of thioether (sulfide) groups is 1. The highest BCUT2D eigenvalue weighted by Gasteiger charge is 1.97. The Labute approximate surface area is 92.0 Å². The average molecular weight is 223 g/mol. The van der Waals surface area contributed by atoms with Gasteiger partial charge in [-0.25, -0.2) is 4.39 Å². The standard InChI is InChI=1S/C11H10FNOS/c1-8(14)15-6-2-3-9-7-10(12)4-5-11(9)13/h4-5,7H,6,13H2,1H3. The lowest BCUT2D eigenvalue weighted by Gasteiger charge is -1.96. The van der Waals surface area contributed by atoms with E-state index in [0.717, 1.165) is 11.8 Å². The van der Waals surface area contributed by atoms with E-state index in [1.807, 2.05) is 0 Å². The largest absolute Gasteiger partial charge is 0.398 e. The second-order valence-corrected chi connectivity index (χ2v) is 3.97. The van der Waals surface area contributed by atoms with Crippen molar-refractivity contribution in [3.05, 3.63) is 29.6 Å².